The monoisotopic (exact) mass is 304 g/mol. The van der Waals surface area contributed by atoms with Gasteiger partial charge in [0.15, 0.2) is 0 Å². The quantitative estimate of drug-likeness (QED) is 0.548. The van der Waals surface area contributed by atoms with Crippen LogP contribution in [0.5, 0.6) is 0 Å². The average molecular weight is 304 g/mol. The molecule has 1 unspecified atom stereocenters. The first kappa shape index (κ1) is 19.1. The van der Waals surface area contributed by atoms with Gasteiger partial charge in [0.25, 0.3) is 0 Å². The molecular formula is C14H28N2O3S. The predicted molar refractivity (Wildman–Crippen MR) is 84.3 cm³/mol. The number of hydrogen-bond donors (Lipinski definition) is 3. The van der Waals surface area contributed by atoms with Gasteiger partial charge in [-0.1, -0.05) is 33.1 Å². The lowest BCUT2D eigenvalue weighted by Gasteiger charge is -2.18. The first-order chi connectivity index (χ1) is 9.54. The summed E-state index contributed by atoms with van der Waals surface area (Å²) in [6, 6.07) is -1.19. The van der Waals surface area contributed by atoms with E-state index in [9.17, 15) is 9.59 Å². The molecule has 0 aromatic rings. The molecule has 5 nitrogen and oxygen atoms in total. The van der Waals surface area contributed by atoms with Gasteiger partial charge < -0.3 is 15.7 Å². The molecule has 0 aliphatic carbocycles. The molecule has 6 heteroatoms. The summed E-state index contributed by atoms with van der Waals surface area (Å²) in [6.07, 6.45) is 6.79. The van der Waals surface area contributed by atoms with Gasteiger partial charge in [-0.15, -0.1) is 0 Å². The van der Waals surface area contributed by atoms with Gasteiger partial charge in [-0.3, -0.25) is 0 Å². The van der Waals surface area contributed by atoms with E-state index >= 15 is 0 Å². The highest BCUT2D eigenvalue weighted by molar-refractivity contribution is 7.98. The van der Waals surface area contributed by atoms with Crippen molar-refractivity contribution in [1.82, 2.24) is 10.6 Å². The Morgan fingerprint density at radius 2 is 1.95 bits per heavy atom. The summed E-state index contributed by atoms with van der Waals surface area (Å²) in [5, 5.41) is 14.3. The van der Waals surface area contributed by atoms with E-state index < -0.39 is 12.0 Å². The van der Waals surface area contributed by atoms with Crippen molar-refractivity contribution in [3.63, 3.8) is 0 Å². The number of carboxylic acids is 1. The zero-order valence-electron chi connectivity index (χ0n) is 12.8. The van der Waals surface area contributed by atoms with Crippen LogP contribution < -0.4 is 10.6 Å². The number of carboxylic acid groups (broad SMARTS) is 1. The second-order valence-corrected chi connectivity index (χ2v) is 5.93. The maximum atomic E-state index is 11.7. The molecule has 0 rings (SSSR count). The first-order valence-corrected chi connectivity index (χ1v) is 8.70. The number of nitrogens with one attached hydrogen (secondary N) is 2. The summed E-state index contributed by atoms with van der Waals surface area (Å²) in [5.74, 6) is 0.202. The fraction of sp³-hybridized carbons (Fsp3) is 0.857. The maximum absolute atomic E-state index is 11.7. The second kappa shape index (κ2) is 11.9. The Labute approximate surface area is 126 Å². The van der Waals surface area contributed by atoms with Gasteiger partial charge in [0, 0.05) is 6.54 Å². The number of aliphatic carboxylic acids is 1. The number of carbonyl (C=O) groups is 2. The highest BCUT2D eigenvalue weighted by atomic mass is 32.2. The van der Waals surface area contributed by atoms with E-state index in [1.165, 1.54) is 0 Å². The molecule has 0 aliphatic rings. The number of amides is 2. The molecule has 2 atom stereocenters. The van der Waals surface area contributed by atoms with Gasteiger partial charge in [0.2, 0.25) is 0 Å². The number of carbonyl (C=O) groups excluding carboxylic acids is 1. The zero-order chi connectivity index (χ0) is 15.4. The minimum absolute atomic E-state index is 0.381. The molecule has 0 bridgehead atoms. The lowest BCUT2D eigenvalue weighted by Crippen LogP contribution is -2.47. The molecule has 118 valence electrons. The number of unbranched alkanes of at least 4 members (excludes halogenated alkanes) is 1. The van der Waals surface area contributed by atoms with Gasteiger partial charge in [-0.2, -0.15) is 11.8 Å². The van der Waals surface area contributed by atoms with Gasteiger partial charge in [0.1, 0.15) is 6.04 Å². The largest absolute Gasteiger partial charge is 0.480 e. The SMILES string of the molecule is CCCCC(CC)CNC(=O)N[C@H](CCSC)C(=O)O. The van der Waals surface area contributed by atoms with Crippen LogP contribution in [-0.4, -0.2) is 41.7 Å². The Balaban J connectivity index is 4.07. The van der Waals surface area contributed by atoms with Crippen LogP contribution in [0.4, 0.5) is 4.79 Å². The standard InChI is InChI=1S/C14H28N2O3S/c1-4-6-7-11(5-2)10-15-14(19)16-12(13(17)18)8-9-20-3/h11-12H,4-10H2,1-3H3,(H,17,18)(H2,15,16,19)/t11?,12-/m1/s1. The molecule has 3 N–H and O–H groups in total. The van der Waals surface area contributed by atoms with Crippen molar-refractivity contribution in [2.24, 2.45) is 5.92 Å². The molecule has 0 aliphatic heterocycles. The third kappa shape index (κ3) is 9.07. The Morgan fingerprint density at radius 3 is 2.45 bits per heavy atom. The molecule has 0 fully saturated rings. The predicted octanol–water partition coefficient (Wildman–Crippen LogP) is 2.71. The van der Waals surface area contributed by atoms with Crippen LogP contribution in [0, 0.1) is 5.92 Å². The van der Waals surface area contributed by atoms with Crippen LogP contribution in [0.15, 0.2) is 0 Å². The van der Waals surface area contributed by atoms with E-state index in [-0.39, 0.29) is 6.03 Å². The molecule has 0 spiro atoms. The highest BCUT2D eigenvalue weighted by Gasteiger charge is 2.19. The van der Waals surface area contributed by atoms with Gasteiger partial charge in [-0.25, -0.2) is 9.59 Å². The van der Waals surface area contributed by atoms with Crippen molar-refractivity contribution in [1.29, 1.82) is 0 Å². The lowest BCUT2D eigenvalue weighted by atomic mass is 9.99. The second-order valence-electron chi connectivity index (χ2n) is 4.94. The van der Waals surface area contributed by atoms with Crippen LogP contribution in [0.1, 0.15) is 46.0 Å². The van der Waals surface area contributed by atoms with Crippen LogP contribution in [0.25, 0.3) is 0 Å². The van der Waals surface area contributed by atoms with Crippen molar-refractivity contribution in [2.75, 3.05) is 18.6 Å². The molecule has 0 aromatic heterocycles. The fourth-order valence-corrected chi connectivity index (χ4v) is 2.35. The molecular weight excluding hydrogens is 276 g/mol. The zero-order valence-corrected chi connectivity index (χ0v) is 13.6. The molecule has 0 saturated heterocycles. The van der Waals surface area contributed by atoms with Crippen LogP contribution in [0.3, 0.4) is 0 Å². The normalized spacial score (nSPS) is 13.6. The fourth-order valence-electron chi connectivity index (χ4n) is 1.88. The van der Waals surface area contributed by atoms with E-state index in [1.807, 2.05) is 6.26 Å². The molecule has 0 radical (unpaired) electrons. The Hall–Kier alpha value is -0.910. The van der Waals surface area contributed by atoms with Crippen molar-refractivity contribution >= 4 is 23.8 Å². The third-order valence-corrected chi connectivity index (χ3v) is 3.95. The summed E-state index contributed by atoms with van der Waals surface area (Å²) in [6.45, 7) is 4.87. The topological polar surface area (TPSA) is 78.4 Å². The van der Waals surface area contributed by atoms with Crippen LogP contribution in [-0.2, 0) is 4.79 Å². The molecule has 2 amide bonds. The number of thioether (sulfide) groups is 1. The summed E-state index contributed by atoms with van der Waals surface area (Å²) in [5.41, 5.74) is 0. The van der Waals surface area contributed by atoms with E-state index in [1.54, 1.807) is 11.8 Å². The van der Waals surface area contributed by atoms with Gasteiger partial charge >= 0.3 is 12.0 Å². The van der Waals surface area contributed by atoms with Crippen LogP contribution >= 0.6 is 11.8 Å². The minimum Gasteiger partial charge on any atom is -0.480 e. The summed E-state index contributed by atoms with van der Waals surface area (Å²) in [7, 11) is 0. The third-order valence-electron chi connectivity index (χ3n) is 3.31. The summed E-state index contributed by atoms with van der Waals surface area (Å²) < 4.78 is 0. The van der Waals surface area contributed by atoms with Crippen molar-refractivity contribution in [3.8, 4) is 0 Å². The Bertz CT molecular complexity index is 288. The molecule has 0 heterocycles. The molecule has 20 heavy (non-hydrogen) atoms. The van der Waals surface area contributed by atoms with E-state index in [0.29, 0.717) is 24.6 Å². The molecule has 0 aromatic carbocycles. The lowest BCUT2D eigenvalue weighted by molar-refractivity contribution is -0.139. The number of rotatable bonds is 11. The number of hydrogen-bond acceptors (Lipinski definition) is 3. The number of urea groups is 1. The summed E-state index contributed by atoms with van der Waals surface area (Å²) >= 11 is 1.57. The maximum Gasteiger partial charge on any atom is 0.326 e. The van der Waals surface area contributed by atoms with E-state index in [2.05, 4.69) is 24.5 Å². The smallest absolute Gasteiger partial charge is 0.326 e. The highest BCUT2D eigenvalue weighted by Crippen LogP contribution is 2.11. The first-order valence-electron chi connectivity index (χ1n) is 7.31. The summed E-state index contributed by atoms with van der Waals surface area (Å²) in [4.78, 5) is 22.7. The van der Waals surface area contributed by atoms with Crippen LogP contribution in [0.2, 0.25) is 0 Å². The van der Waals surface area contributed by atoms with Gasteiger partial charge in [0.05, 0.1) is 0 Å². The minimum atomic E-state index is -0.979. The van der Waals surface area contributed by atoms with Gasteiger partial charge in [-0.05, 0) is 30.8 Å². The van der Waals surface area contributed by atoms with Crippen molar-refractivity contribution in [3.05, 3.63) is 0 Å². The van der Waals surface area contributed by atoms with Crippen molar-refractivity contribution in [2.45, 2.75) is 52.0 Å². The van der Waals surface area contributed by atoms with E-state index in [0.717, 1.165) is 25.7 Å². The average Bonchev–Trinajstić information content (AvgIpc) is 2.43. The van der Waals surface area contributed by atoms with E-state index in [4.69, 9.17) is 5.11 Å². The van der Waals surface area contributed by atoms with Crippen molar-refractivity contribution < 1.29 is 14.7 Å². The Morgan fingerprint density at radius 1 is 1.25 bits per heavy atom. The Kier molecular flexibility index (Phi) is 11.3. The molecule has 0 saturated carbocycles.